The third-order valence-corrected chi connectivity index (χ3v) is 7.76. The molecule has 2 aromatic rings. The van der Waals surface area contributed by atoms with Crippen LogP contribution in [-0.4, -0.2) is 59.0 Å². The van der Waals surface area contributed by atoms with Gasteiger partial charge in [0.15, 0.2) is 0 Å². The number of nitriles is 1. The molecule has 2 atom stereocenters. The van der Waals surface area contributed by atoms with E-state index in [1.807, 2.05) is 0 Å². The summed E-state index contributed by atoms with van der Waals surface area (Å²) >= 11 is 0. The number of amides is 2. The van der Waals surface area contributed by atoms with Crippen molar-refractivity contribution in [3.05, 3.63) is 59.2 Å². The number of nitrogens with one attached hydrogen (secondary N) is 2. The van der Waals surface area contributed by atoms with Gasteiger partial charge in [-0.1, -0.05) is 6.07 Å². The van der Waals surface area contributed by atoms with Crippen LogP contribution in [0, 0.1) is 29.0 Å². The molecule has 0 unspecified atom stereocenters. The van der Waals surface area contributed by atoms with E-state index in [1.165, 1.54) is 24.5 Å². The third kappa shape index (κ3) is 8.72. The zero-order chi connectivity index (χ0) is 29.2. The number of hydrogen-bond acceptors (Lipinski definition) is 7. The van der Waals surface area contributed by atoms with Crippen LogP contribution in [0.4, 0.5) is 4.39 Å². The van der Waals surface area contributed by atoms with E-state index in [0.717, 1.165) is 32.4 Å². The minimum absolute atomic E-state index is 0.00723. The van der Waals surface area contributed by atoms with Gasteiger partial charge in [-0.3, -0.25) is 19.4 Å². The summed E-state index contributed by atoms with van der Waals surface area (Å²) in [6.07, 6.45) is 7.39. The van der Waals surface area contributed by atoms with Crippen molar-refractivity contribution in [3.63, 3.8) is 0 Å². The first-order valence-electron chi connectivity index (χ1n) is 14.1. The van der Waals surface area contributed by atoms with Crippen molar-refractivity contribution < 1.29 is 28.6 Å². The second kappa shape index (κ2) is 14.6. The number of aromatic nitrogens is 1. The van der Waals surface area contributed by atoms with Crippen molar-refractivity contribution in [1.82, 2.24) is 20.5 Å². The maximum atomic E-state index is 13.9. The van der Waals surface area contributed by atoms with E-state index in [4.69, 9.17) is 10.00 Å². The second-order valence-electron chi connectivity index (χ2n) is 10.7. The lowest BCUT2D eigenvalue weighted by molar-refractivity contribution is -0.138. The van der Waals surface area contributed by atoms with Crippen molar-refractivity contribution in [3.8, 4) is 11.8 Å². The molecule has 0 spiro atoms. The van der Waals surface area contributed by atoms with Crippen LogP contribution in [0.15, 0.2) is 36.7 Å². The van der Waals surface area contributed by atoms with Gasteiger partial charge in [-0.05, 0) is 80.4 Å². The lowest BCUT2D eigenvalue weighted by Crippen LogP contribution is -2.46. The number of halogens is 1. The van der Waals surface area contributed by atoms with Crippen LogP contribution in [0.2, 0.25) is 0 Å². The molecular formula is C30H36FN5O5. The molecule has 3 heterocycles. The number of nitrogens with zero attached hydrogens (tertiary/aromatic N) is 3. The third-order valence-electron chi connectivity index (χ3n) is 7.76. The average Bonchev–Trinajstić information content (AvgIpc) is 2.99. The largest absolute Gasteiger partial charge is 0.487 e. The number of carboxylic acid groups (broad SMARTS) is 1. The molecule has 4 rings (SSSR count). The summed E-state index contributed by atoms with van der Waals surface area (Å²) in [4.78, 5) is 43.7. The number of piperidine rings is 2. The second-order valence-corrected chi connectivity index (χ2v) is 10.7. The Kier molecular flexibility index (Phi) is 10.6. The predicted octanol–water partition coefficient (Wildman–Crippen LogP) is 3.32. The van der Waals surface area contributed by atoms with E-state index in [-0.39, 0.29) is 30.4 Å². The number of carbonyl (C=O) groups is 3. The topological polar surface area (TPSA) is 145 Å². The summed E-state index contributed by atoms with van der Waals surface area (Å²) in [5, 5.41) is 24.6. The molecule has 1 aromatic heterocycles. The molecule has 10 nitrogen and oxygen atoms in total. The van der Waals surface area contributed by atoms with Crippen molar-refractivity contribution in [2.45, 2.75) is 57.6 Å². The molecule has 2 fully saturated rings. The standard InChI is InChI=1S/C30H36FN5O5/c31-26-12-21(3-5-22(26)15-32)19-41-25-13-24(16-34-17-25)27(14-29(38)39)35-30(40)23-2-1-11-36(18-23)28(37)6-4-20-7-9-33-10-8-20/h3,5,12-13,16-17,20,23,27,33H,1-2,4,6-11,14,18-19H2,(H,35,40)(H,38,39)/t23-,27+/m0/s1. The summed E-state index contributed by atoms with van der Waals surface area (Å²) in [5.41, 5.74) is 0.900. The van der Waals surface area contributed by atoms with Crippen molar-refractivity contribution in [2.24, 2.45) is 11.8 Å². The van der Waals surface area contributed by atoms with Crippen LogP contribution in [0.1, 0.15) is 67.7 Å². The maximum absolute atomic E-state index is 13.9. The van der Waals surface area contributed by atoms with Crippen molar-refractivity contribution in [2.75, 3.05) is 26.2 Å². The number of carboxylic acids is 1. The molecule has 11 heteroatoms. The minimum atomic E-state index is -1.09. The first-order chi connectivity index (χ1) is 19.8. The summed E-state index contributed by atoms with van der Waals surface area (Å²) in [6.45, 7) is 2.93. The molecule has 0 radical (unpaired) electrons. The first-order valence-corrected chi connectivity index (χ1v) is 14.1. The molecule has 0 saturated carbocycles. The zero-order valence-electron chi connectivity index (χ0n) is 23.0. The molecule has 2 aliphatic heterocycles. The van der Waals surface area contributed by atoms with Gasteiger partial charge in [0.2, 0.25) is 11.8 Å². The molecule has 41 heavy (non-hydrogen) atoms. The van der Waals surface area contributed by atoms with Crippen LogP contribution < -0.4 is 15.4 Å². The van der Waals surface area contributed by atoms with E-state index in [0.29, 0.717) is 55.1 Å². The lowest BCUT2D eigenvalue weighted by Gasteiger charge is -2.33. The molecule has 2 amide bonds. The fourth-order valence-electron chi connectivity index (χ4n) is 5.40. The van der Waals surface area contributed by atoms with E-state index in [2.05, 4.69) is 15.6 Å². The van der Waals surface area contributed by atoms with Crippen molar-refractivity contribution >= 4 is 17.8 Å². The molecular weight excluding hydrogens is 529 g/mol. The highest BCUT2D eigenvalue weighted by Gasteiger charge is 2.31. The number of benzene rings is 1. The van der Waals surface area contributed by atoms with Gasteiger partial charge in [-0.15, -0.1) is 0 Å². The Labute approximate surface area is 238 Å². The summed E-state index contributed by atoms with van der Waals surface area (Å²) in [7, 11) is 0. The Morgan fingerprint density at radius 1 is 1.22 bits per heavy atom. The fraction of sp³-hybridized carbons (Fsp3) is 0.500. The number of carbonyl (C=O) groups excluding carboxylic acids is 2. The highest BCUT2D eigenvalue weighted by atomic mass is 19.1. The van der Waals surface area contributed by atoms with Crippen LogP contribution in [0.25, 0.3) is 0 Å². The Balaban J connectivity index is 1.35. The van der Waals surface area contributed by atoms with Crippen LogP contribution >= 0.6 is 0 Å². The Morgan fingerprint density at radius 2 is 2.02 bits per heavy atom. The quantitative estimate of drug-likeness (QED) is 0.376. The van der Waals surface area contributed by atoms with Gasteiger partial charge >= 0.3 is 5.97 Å². The first kappa shape index (κ1) is 29.9. The van der Waals surface area contributed by atoms with Gasteiger partial charge in [0.1, 0.15) is 24.2 Å². The molecule has 1 aromatic carbocycles. The molecule has 3 N–H and O–H groups in total. The van der Waals surface area contributed by atoms with Crippen LogP contribution in [-0.2, 0) is 21.0 Å². The molecule has 0 aliphatic carbocycles. The average molecular weight is 566 g/mol. The number of likely N-dealkylation sites (tertiary alicyclic amines) is 1. The predicted molar refractivity (Wildman–Crippen MR) is 147 cm³/mol. The monoisotopic (exact) mass is 565 g/mol. The SMILES string of the molecule is N#Cc1ccc(COc2cncc([C@@H](CC(=O)O)NC(=O)[C@H]3CCCN(C(=O)CCC4CCNCC4)C3)c2)cc1F. The highest BCUT2D eigenvalue weighted by molar-refractivity contribution is 5.82. The highest BCUT2D eigenvalue weighted by Crippen LogP contribution is 2.25. The number of ether oxygens (including phenoxy) is 1. The summed E-state index contributed by atoms with van der Waals surface area (Å²) < 4.78 is 19.6. The summed E-state index contributed by atoms with van der Waals surface area (Å²) in [5.74, 6) is -1.52. The Hall–Kier alpha value is -4.04. The molecule has 0 bridgehead atoms. The normalized spacial score (nSPS) is 18.2. The molecule has 2 saturated heterocycles. The van der Waals surface area contributed by atoms with Crippen LogP contribution in [0.5, 0.6) is 5.75 Å². The Morgan fingerprint density at radius 3 is 2.76 bits per heavy atom. The van der Waals surface area contributed by atoms with E-state index < -0.39 is 23.7 Å². The zero-order valence-corrected chi connectivity index (χ0v) is 23.0. The van der Waals surface area contributed by atoms with Gasteiger partial charge < -0.3 is 25.4 Å². The number of rotatable bonds is 11. The molecule has 2 aliphatic rings. The van der Waals surface area contributed by atoms with Gasteiger partial charge in [0.25, 0.3) is 0 Å². The summed E-state index contributed by atoms with van der Waals surface area (Å²) in [6, 6.07) is 6.68. The van der Waals surface area contributed by atoms with E-state index >= 15 is 0 Å². The van der Waals surface area contributed by atoms with E-state index in [1.54, 1.807) is 23.1 Å². The maximum Gasteiger partial charge on any atom is 0.305 e. The number of pyridine rings is 1. The van der Waals surface area contributed by atoms with Gasteiger partial charge in [0, 0.05) is 25.7 Å². The van der Waals surface area contributed by atoms with Crippen LogP contribution in [0.3, 0.4) is 0 Å². The van der Waals surface area contributed by atoms with E-state index in [9.17, 15) is 23.9 Å². The Bertz CT molecular complexity index is 1280. The lowest BCUT2D eigenvalue weighted by atomic mass is 9.92. The van der Waals surface area contributed by atoms with Gasteiger partial charge in [0.05, 0.1) is 30.1 Å². The van der Waals surface area contributed by atoms with Gasteiger partial charge in [-0.25, -0.2) is 4.39 Å². The smallest absolute Gasteiger partial charge is 0.305 e. The minimum Gasteiger partial charge on any atom is -0.487 e. The fourth-order valence-corrected chi connectivity index (χ4v) is 5.40. The number of hydrogen-bond donors (Lipinski definition) is 3. The van der Waals surface area contributed by atoms with Gasteiger partial charge in [-0.2, -0.15) is 5.26 Å². The van der Waals surface area contributed by atoms with Crippen molar-refractivity contribution in [1.29, 1.82) is 5.26 Å². The molecule has 218 valence electrons. The number of aliphatic carboxylic acids is 1.